The average Bonchev–Trinajstić information content (AvgIpc) is 2.86. The molecule has 0 radical (unpaired) electrons. The molecular formula is C27H31Cl2FN2O3. The minimum atomic E-state index is -1.21. The molecular weight excluding hydrogens is 490 g/mol. The van der Waals surface area contributed by atoms with Crippen LogP contribution in [0.2, 0.25) is 10.0 Å². The zero-order chi connectivity index (χ0) is 25.0. The van der Waals surface area contributed by atoms with Crippen molar-refractivity contribution in [2.75, 3.05) is 32.7 Å². The fourth-order valence-corrected chi connectivity index (χ4v) is 5.24. The van der Waals surface area contributed by atoms with Crippen LogP contribution in [0.5, 0.6) is 0 Å². The van der Waals surface area contributed by atoms with E-state index in [9.17, 15) is 19.4 Å². The van der Waals surface area contributed by atoms with Crippen LogP contribution < -0.4 is 0 Å². The van der Waals surface area contributed by atoms with E-state index in [4.69, 9.17) is 23.2 Å². The summed E-state index contributed by atoms with van der Waals surface area (Å²) in [5.74, 6) is 0.0200. The van der Waals surface area contributed by atoms with Gasteiger partial charge >= 0.3 is 0 Å². The maximum Gasteiger partial charge on any atom is 0.246 e. The zero-order valence-electron chi connectivity index (χ0n) is 19.5. The number of aliphatic hydroxyl groups is 2. The summed E-state index contributed by atoms with van der Waals surface area (Å²) in [4.78, 5) is 16.5. The summed E-state index contributed by atoms with van der Waals surface area (Å²) in [7, 11) is 0. The van der Waals surface area contributed by atoms with Gasteiger partial charge in [0.2, 0.25) is 5.91 Å². The second-order valence-electron chi connectivity index (χ2n) is 9.58. The quantitative estimate of drug-likeness (QED) is 0.540. The molecule has 2 aromatic carbocycles. The predicted octanol–water partition coefficient (Wildman–Crippen LogP) is 4.74. The Bertz CT molecular complexity index is 1050. The number of piperidine rings is 2. The molecule has 0 aromatic heterocycles. The van der Waals surface area contributed by atoms with Gasteiger partial charge in [0.05, 0.1) is 21.8 Å². The highest BCUT2D eigenvalue weighted by molar-refractivity contribution is 6.42. The lowest BCUT2D eigenvalue weighted by Gasteiger charge is -2.43. The number of halogens is 3. The lowest BCUT2D eigenvalue weighted by molar-refractivity contribution is -0.140. The lowest BCUT2D eigenvalue weighted by Crippen LogP contribution is -2.56. The zero-order valence-corrected chi connectivity index (χ0v) is 21.1. The van der Waals surface area contributed by atoms with Crippen LogP contribution in [0, 0.1) is 5.82 Å². The molecule has 2 aliphatic rings. The Hall–Kier alpha value is -1.96. The fourth-order valence-electron chi connectivity index (χ4n) is 4.93. The smallest absolute Gasteiger partial charge is 0.246 e. The van der Waals surface area contributed by atoms with Gasteiger partial charge in [-0.2, -0.15) is 0 Å². The van der Waals surface area contributed by atoms with Crippen molar-refractivity contribution < 1.29 is 19.4 Å². The Labute approximate surface area is 215 Å². The van der Waals surface area contributed by atoms with Gasteiger partial charge in [0, 0.05) is 25.7 Å². The van der Waals surface area contributed by atoms with Gasteiger partial charge in [0.15, 0.2) is 0 Å². The predicted molar refractivity (Wildman–Crippen MR) is 137 cm³/mol. The van der Waals surface area contributed by atoms with E-state index in [1.54, 1.807) is 29.2 Å². The first-order valence-electron chi connectivity index (χ1n) is 12.0. The van der Waals surface area contributed by atoms with Crippen LogP contribution in [-0.2, 0) is 4.79 Å². The van der Waals surface area contributed by atoms with Crippen LogP contribution in [-0.4, -0.2) is 70.3 Å². The van der Waals surface area contributed by atoms with E-state index in [1.165, 1.54) is 18.2 Å². The minimum absolute atomic E-state index is 0.143. The normalized spacial score (nSPS) is 20.3. The van der Waals surface area contributed by atoms with Gasteiger partial charge in [-0.15, -0.1) is 0 Å². The summed E-state index contributed by atoms with van der Waals surface area (Å²) >= 11 is 11.9. The van der Waals surface area contributed by atoms with Crippen LogP contribution in [0.25, 0.3) is 6.08 Å². The van der Waals surface area contributed by atoms with Gasteiger partial charge < -0.3 is 20.0 Å². The minimum Gasteiger partial charge on any atom is -0.389 e. The molecule has 5 nitrogen and oxygen atoms in total. The molecule has 4 rings (SSSR count). The van der Waals surface area contributed by atoms with Crippen molar-refractivity contribution in [3.05, 3.63) is 75.5 Å². The summed E-state index contributed by atoms with van der Waals surface area (Å²) in [5.41, 5.74) is 0.716. The number of aliphatic hydroxyl groups excluding tert-OH is 1. The second kappa shape index (κ2) is 11.4. The van der Waals surface area contributed by atoms with Crippen LogP contribution in [0.4, 0.5) is 4.39 Å². The van der Waals surface area contributed by atoms with Crippen molar-refractivity contribution in [3.8, 4) is 0 Å². The van der Waals surface area contributed by atoms with Crippen LogP contribution in [0.3, 0.4) is 0 Å². The molecule has 0 spiro atoms. The number of hydrogen-bond acceptors (Lipinski definition) is 4. The van der Waals surface area contributed by atoms with Gasteiger partial charge in [-0.3, -0.25) is 4.79 Å². The van der Waals surface area contributed by atoms with Gasteiger partial charge in [0.25, 0.3) is 0 Å². The molecule has 0 aliphatic carbocycles. The Morgan fingerprint density at radius 3 is 2.34 bits per heavy atom. The Morgan fingerprint density at radius 1 is 1.06 bits per heavy atom. The standard InChI is InChI=1S/C27H31Cl2FN2O3/c28-23-7-1-19(17-24(23)29)2-8-26(34)32-15-11-27(35,12-16-32)25(33)18-31-13-9-21(10-14-31)20-3-5-22(30)6-4-20/h1-8,17,21,25,33,35H,9-16,18H2/b8-2+. The fraction of sp³-hybridized carbons (Fsp3) is 0.444. The molecule has 188 valence electrons. The number of β-amino-alcohol motifs (C(OH)–C–C–N with tert-alkyl or cyclic N) is 1. The van der Waals surface area contributed by atoms with Crippen LogP contribution >= 0.6 is 23.2 Å². The van der Waals surface area contributed by atoms with Crippen molar-refractivity contribution in [3.63, 3.8) is 0 Å². The largest absolute Gasteiger partial charge is 0.389 e. The number of nitrogens with zero attached hydrogens (tertiary/aromatic N) is 2. The first-order valence-corrected chi connectivity index (χ1v) is 12.8. The molecule has 2 fully saturated rings. The first-order chi connectivity index (χ1) is 16.7. The maximum atomic E-state index is 13.2. The molecule has 2 aliphatic heterocycles. The van der Waals surface area contributed by atoms with Gasteiger partial charge in [-0.1, -0.05) is 41.4 Å². The van der Waals surface area contributed by atoms with Crippen molar-refractivity contribution in [2.24, 2.45) is 0 Å². The third kappa shape index (κ3) is 6.63. The first kappa shape index (κ1) is 26.1. The number of carbonyl (C=O) groups is 1. The third-order valence-corrected chi connectivity index (χ3v) is 8.02. The van der Waals surface area contributed by atoms with Crippen molar-refractivity contribution >= 4 is 35.2 Å². The number of likely N-dealkylation sites (tertiary alicyclic amines) is 2. The highest BCUT2D eigenvalue weighted by atomic mass is 35.5. The number of hydrogen-bond donors (Lipinski definition) is 2. The van der Waals surface area contributed by atoms with Gasteiger partial charge in [-0.05, 0) is 86.2 Å². The molecule has 1 amide bonds. The molecule has 0 bridgehead atoms. The second-order valence-corrected chi connectivity index (χ2v) is 10.4. The van der Waals surface area contributed by atoms with E-state index >= 15 is 0 Å². The van der Waals surface area contributed by atoms with E-state index in [2.05, 4.69) is 4.90 Å². The molecule has 2 N–H and O–H groups in total. The SMILES string of the molecule is O=C(/C=C/c1ccc(Cl)c(Cl)c1)N1CCC(O)(C(O)CN2CCC(c3ccc(F)cc3)CC2)CC1. The molecule has 0 saturated carbocycles. The Balaban J connectivity index is 1.24. The maximum absolute atomic E-state index is 13.2. The van der Waals surface area contributed by atoms with Gasteiger partial charge in [0.1, 0.15) is 5.82 Å². The number of carbonyl (C=O) groups excluding carboxylic acids is 1. The highest BCUT2D eigenvalue weighted by Gasteiger charge is 2.40. The monoisotopic (exact) mass is 520 g/mol. The topological polar surface area (TPSA) is 64.0 Å². The van der Waals surface area contributed by atoms with Crippen molar-refractivity contribution in [1.29, 1.82) is 0 Å². The van der Waals surface area contributed by atoms with E-state index in [0.717, 1.165) is 37.1 Å². The number of benzene rings is 2. The number of amides is 1. The van der Waals surface area contributed by atoms with E-state index in [1.807, 2.05) is 12.1 Å². The molecule has 2 aromatic rings. The summed E-state index contributed by atoms with van der Waals surface area (Å²) in [6.07, 6.45) is 4.82. The molecule has 35 heavy (non-hydrogen) atoms. The summed E-state index contributed by atoms with van der Waals surface area (Å²) < 4.78 is 13.2. The molecule has 1 unspecified atom stereocenters. The van der Waals surface area contributed by atoms with E-state index in [-0.39, 0.29) is 11.7 Å². The molecule has 8 heteroatoms. The Kier molecular flexibility index (Phi) is 8.50. The van der Waals surface area contributed by atoms with E-state index in [0.29, 0.717) is 48.4 Å². The number of rotatable bonds is 6. The average molecular weight is 521 g/mol. The molecule has 2 heterocycles. The summed E-state index contributed by atoms with van der Waals surface area (Å²) in [6.45, 7) is 2.80. The molecule has 2 saturated heterocycles. The third-order valence-electron chi connectivity index (χ3n) is 7.28. The highest BCUT2D eigenvalue weighted by Crippen LogP contribution is 2.31. The van der Waals surface area contributed by atoms with Crippen molar-refractivity contribution in [2.45, 2.75) is 43.3 Å². The summed E-state index contributed by atoms with van der Waals surface area (Å²) in [5, 5.41) is 22.8. The Morgan fingerprint density at radius 2 is 1.71 bits per heavy atom. The lowest BCUT2D eigenvalue weighted by atomic mass is 9.84. The van der Waals surface area contributed by atoms with E-state index < -0.39 is 11.7 Å². The van der Waals surface area contributed by atoms with Crippen LogP contribution in [0.1, 0.15) is 42.7 Å². The summed E-state index contributed by atoms with van der Waals surface area (Å²) in [6, 6.07) is 11.9. The van der Waals surface area contributed by atoms with Crippen LogP contribution in [0.15, 0.2) is 48.5 Å². The van der Waals surface area contributed by atoms with Gasteiger partial charge in [-0.25, -0.2) is 4.39 Å². The molecule has 1 atom stereocenters. The van der Waals surface area contributed by atoms with Crippen molar-refractivity contribution in [1.82, 2.24) is 9.80 Å².